The molecule has 2 aromatic carbocycles. The first-order chi connectivity index (χ1) is 12.5. The molecule has 3 rings (SSSR count). The maximum atomic E-state index is 12.8. The number of benzene rings is 2. The Bertz CT molecular complexity index is 843. The number of carbonyl (C=O) groups is 1. The summed E-state index contributed by atoms with van der Waals surface area (Å²) in [5.41, 5.74) is 2.90. The smallest absolute Gasteiger partial charge is 0.270 e. The van der Waals surface area contributed by atoms with Crippen molar-refractivity contribution in [2.75, 3.05) is 22.9 Å². The van der Waals surface area contributed by atoms with Crippen molar-refractivity contribution in [2.45, 2.75) is 13.8 Å². The predicted molar refractivity (Wildman–Crippen MR) is 117 cm³/mol. The fourth-order valence-corrected chi connectivity index (χ4v) is 4.23. The first-order valence-corrected chi connectivity index (χ1v) is 10.0. The molecule has 0 unspecified atom stereocenters. The van der Waals surface area contributed by atoms with Gasteiger partial charge in [0.05, 0.1) is 10.6 Å². The molecule has 2 aromatic rings. The predicted octanol–water partition coefficient (Wildman–Crippen LogP) is 5.59. The Morgan fingerprint density at radius 3 is 2.27 bits per heavy atom. The van der Waals surface area contributed by atoms with E-state index in [0.717, 1.165) is 24.3 Å². The van der Waals surface area contributed by atoms with Crippen molar-refractivity contribution in [2.24, 2.45) is 0 Å². The number of thioether (sulfide) groups is 1. The highest BCUT2D eigenvalue weighted by molar-refractivity contribution is 8.27. The van der Waals surface area contributed by atoms with Gasteiger partial charge in [-0.2, -0.15) is 0 Å². The zero-order valence-corrected chi connectivity index (χ0v) is 17.0. The van der Waals surface area contributed by atoms with Crippen LogP contribution >= 0.6 is 35.6 Å². The van der Waals surface area contributed by atoms with Crippen LogP contribution in [0.15, 0.2) is 53.4 Å². The molecule has 0 atom stereocenters. The van der Waals surface area contributed by atoms with Gasteiger partial charge >= 0.3 is 0 Å². The van der Waals surface area contributed by atoms with E-state index >= 15 is 0 Å². The summed E-state index contributed by atoms with van der Waals surface area (Å²) in [6.45, 7) is 6.21. The third-order valence-electron chi connectivity index (χ3n) is 4.20. The minimum absolute atomic E-state index is 0.102. The average molecular weight is 403 g/mol. The molecule has 0 spiro atoms. The Morgan fingerprint density at radius 1 is 1.08 bits per heavy atom. The molecule has 26 heavy (non-hydrogen) atoms. The van der Waals surface area contributed by atoms with Crippen LogP contribution in [0.4, 0.5) is 11.4 Å². The Kier molecular flexibility index (Phi) is 6.01. The number of thiocarbonyl (C=S) groups is 1. The van der Waals surface area contributed by atoms with Crippen molar-refractivity contribution in [3.63, 3.8) is 0 Å². The molecule has 0 aliphatic carbocycles. The minimum Gasteiger partial charge on any atom is -0.372 e. The van der Waals surface area contributed by atoms with E-state index in [2.05, 4.69) is 30.9 Å². The summed E-state index contributed by atoms with van der Waals surface area (Å²) in [7, 11) is 0. The molecule has 6 heteroatoms. The zero-order chi connectivity index (χ0) is 18.7. The van der Waals surface area contributed by atoms with Crippen molar-refractivity contribution in [3.8, 4) is 0 Å². The molecular formula is C20H19ClN2OS2. The molecule has 1 fully saturated rings. The summed E-state index contributed by atoms with van der Waals surface area (Å²) in [5.74, 6) is -0.102. The van der Waals surface area contributed by atoms with E-state index < -0.39 is 0 Å². The second-order valence-electron chi connectivity index (χ2n) is 5.76. The van der Waals surface area contributed by atoms with Gasteiger partial charge < -0.3 is 4.90 Å². The largest absolute Gasteiger partial charge is 0.372 e. The number of rotatable bonds is 5. The summed E-state index contributed by atoms with van der Waals surface area (Å²) in [5, 5.41) is 0.628. The normalized spacial score (nSPS) is 15.8. The molecule has 0 N–H and O–H groups in total. The zero-order valence-electron chi connectivity index (χ0n) is 14.6. The Balaban J connectivity index is 1.82. The van der Waals surface area contributed by atoms with E-state index in [9.17, 15) is 4.79 Å². The quantitative estimate of drug-likeness (QED) is 0.480. The number of anilines is 2. The van der Waals surface area contributed by atoms with Crippen LogP contribution in [0.5, 0.6) is 0 Å². The highest BCUT2D eigenvalue weighted by Crippen LogP contribution is 2.36. The number of nitrogens with zero attached hydrogens (tertiary/aromatic N) is 2. The topological polar surface area (TPSA) is 23.6 Å². The van der Waals surface area contributed by atoms with Crippen molar-refractivity contribution >= 4 is 63.3 Å². The summed E-state index contributed by atoms with van der Waals surface area (Å²) in [4.78, 5) is 17.2. The van der Waals surface area contributed by atoms with Gasteiger partial charge in [-0.1, -0.05) is 47.7 Å². The maximum absolute atomic E-state index is 12.8. The summed E-state index contributed by atoms with van der Waals surface area (Å²) < 4.78 is 0.531. The summed E-state index contributed by atoms with van der Waals surface area (Å²) in [6.07, 6.45) is 1.89. The van der Waals surface area contributed by atoms with Crippen LogP contribution in [0, 0.1) is 0 Å². The van der Waals surface area contributed by atoms with Crippen molar-refractivity contribution in [1.82, 2.24) is 0 Å². The van der Waals surface area contributed by atoms with Crippen molar-refractivity contribution in [3.05, 3.63) is 64.0 Å². The molecule has 0 bridgehead atoms. The lowest BCUT2D eigenvalue weighted by molar-refractivity contribution is -0.113. The molecule has 0 saturated carbocycles. The van der Waals surface area contributed by atoms with Crippen LogP contribution in [0.2, 0.25) is 5.02 Å². The lowest BCUT2D eigenvalue weighted by atomic mass is 10.1. The van der Waals surface area contributed by atoms with E-state index in [4.69, 9.17) is 23.8 Å². The number of hydrogen-bond acceptors (Lipinski definition) is 4. The standard InChI is InChI=1S/C20H19ClN2OS2/c1-3-22(4-2)16-9-5-14(6-10-16)13-18-19(24)23(20(25)26-18)17-11-7-15(21)8-12-17/h5-13H,3-4H2,1-2H3/b18-13-. The fraction of sp³-hybridized carbons (Fsp3) is 0.200. The highest BCUT2D eigenvalue weighted by Gasteiger charge is 2.33. The molecule has 1 saturated heterocycles. The molecule has 1 amide bonds. The van der Waals surface area contributed by atoms with Gasteiger partial charge in [-0.05, 0) is 61.9 Å². The van der Waals surface area contributed by atoms with E-state index in [1.807, 2.05) is 18.2 Å². The van der Waals surface area contributed by atoms with Gasteiger partial charge in [-0.25, -0.2) is 0 Å². The Hall–Kier alpha value is -1.82. The minimum atomic E-state index is -0.102. The van der Waals surface area contributed by atoms with Gasteiger partial charge in [-0.15, -0.1) is 0 Å². The first-order valence-electron chi connectivity index (χ1n) is 8.42. The van der Waals surface area contributed by atoms with Gasteiger partial charge in [0, 0.05) is 23.8 Å². The monoisotopic (exact) mass is 402 g/mol. The number of hydrogen-bond donors (Lipinski definition) is 0. The van der Waals surface area contributed by atoms with E-state index in [0.29, 0.717) is 14.2 Å². The second-order valence-corrected chi connectivity index (χ2v) is 7.87. The Labute approximate surface area is 168 Å². The van der Waals surface area contributed by atoms with Crippen molar-refractivity contribution in [1.29, 1.82) is 0 Å². The SMILES string of the molecule is CCN(CC)c1ccc(/C=C2\SC(=S)N(c3ccc(Cl)cc3)C2=O)cc1. The van der Waals surface area contributed by atoms with Gasteiger partial charge in [0.1, 0.15) is 0 Å². The van der Waals surface area contributed by atoms with E-state index in [-0.39, 0.29) is 5.91 Å². The molecular weight excluding hydrogens is 384 g/mol. The molecule has 0 aromatic heterocycles. The molecule has 3 nitrogen and oxygen atoms in total. The van der Waals surface area contributed by atoms with Crippen LogP contribution in [0.1, 0.15) is 19.4 Å². The molecule has 134 valence electrons. The third-order valence-corrected chi connectivity index (χ3v) is 5.75. The third kappa shape index (κ3) is 3.95. The van der Waals surface area contributed by atoms with Crippen LogP contribution in [0.25, 0.3) is 6.08 Å². The Morgan fingerprint density at radius 2 is 1.69 bits per heavy atom. The van der Waals surface area contributed by atoms with Crippen molar-refractivity contribution < 1.29 is 4.79 Å². The molecule has 1 heterocycles. The average Bonchev–Trinajstić information content (AvgIpc) is 2.92. The summed E-state index contributed by atoms with van der Waals surface area (Å²) >= 11 is 12.6. The fourth-order valence-electron chi connectivity index (χ4n) is 2.80. The van der Waals surface area contributed by atoms with Gasteiger partial charge in [0.25, 0.3) is 5.91 Å². The number of halogens is 1. The first kappa shape index (κ1) is 19.0. The maximum Gasteiger partial charge on any atom is 0.270 e. The van der Waals surface area contributed by atoms with Gasteiger partial charge in [0.15, 0.2) is 4.32 Å². The second kappa shape index (κ2) is 8.25. The lowest BCUT2D eigenvalue weighted by Gasteiger charge is -2.20. The molecule has 1 aliphatic heterocycles. The highest BCUT2D eigenvalue weighted by atomic mass is 35.5. The molecule has 1 aliphatic rings. The van der Waals surface area contributed by atoms with Crippen LogP contribution in [-0.2, 0) is 4.79 Å². The lowest BCUT2D eigenvalue weighted by Crippen LogP contribution is -2.27. The van der Waals surface area contributed by atoms with E-state index in [1.165, 1.54) is 17.4 Å². The van der Waals surface area contributed by atoms with E-state index in [1.54, 1.807) is 29.2 Å². The van der Waals surface area contributed by atoms with Crippen LogP contribution in [0.3, 0.4) is 0 Å². The van der Waals surface area contributed by atoms with Gasteiger partial charge in [-0.3, -0.25) is 9.69 Å². The summed E-state index contributed by atoms with van der Waals surface area (Å²) in [6, 6.07) is 15.3. The van der Waals surface area contributed by atoms with Crippen LogP contribution < -0.4 is 9.80 Å². The number of amides is 1. The van der Waals surface area contributed by atoms with Gasteiger partial charge in [0.2, 0.25) is 0 Å². The number of carbonyl (C=O) groups excluding carboxylic acids is 1. The van der Waals surface area contributed by atoms with Crippen LogP contribution in [-0.4, -0.2) is 23.3 Å². The molecule has 0 radical (unpaired) electrons.